The zero-order valence-electron chi connectivity index (χ0n) is 23.8. The van der Waals surface area contributed by atoms with Crippen molar-refractivity contribution >= 4 is 29.8 Å². The van der Waals surface area contributed by atoms with E-state index in [1.54, 1.807) is 34.1 Å². The quantitative estimate of drug-likeness (QED) is 0.372. The Kier molecular flexibility index (Phi) is 8.82. The number of amides is 3. The third-order valence-corrected chi connectivity index (χ3v) is 9.02. The van der Waals surface area contributed by atoms with E-state index in [0.29, 0.717) is 56.6 Å². The number of ketones is 2. The van der Waals surface area contributed by atoms with Gasteiger partial charge in [-0.05, 0) is 57.0 Å². The molecule has 5 rings (SSSR count). The molecule has 3 amide bonds. The lowest BCUT2D eigenvalue weighted by Crippen LogP contribution is -2.71. The Balaban J connectivity index is 1.41. The van der Waals surface area contributed by atoms with E-state index < -0.39 is 29.1 Å². The topological polar surface area (TPSA) is 98.3 Å². The third kappa shape index (κ3) is 5.72. The van der Waals surface area contributed by atoms with Crippen LogP contribution >= 0.6 is 0 Å². The highest BCUT2D eigenvalue weighted by molar-refractivity contribution is 6.12. The van der Waals surface area contributed by atoms with Crippen molar-refractivity contribution in [2.24, 2.45) is 11.8 Å². The van der Waals surface area contributed by atoms with Crippen molar-refractivity contribution in [1.82, 2.24) is 19.6 Å². The molecule has 0 aliphatic carbocycles. The van der Waals surface area contributed by atoms with Crippen molar-refractivity contribution in [3.63, 3.8) is 0 Å². The van der Waals surface area contributed by atoms with Crippen LogP contribution in [0.2, 0.25) is 0 Å². The summed E-state index contributed by atoms with van der Waals surface area (Å²) >= 11 is 0. The summed E-state index contributed by atoms with van der Waals surface area (Å²) in [5.41, 5.74) is -0.975. The Hall–Kier alpha value is -3.92. The van der Waals surface area contributed by atoms with Crippen molar-refractivity contribution in [3.8, 4) is 0 Å². The van der Waals surface area contributed by atoms with E-state index in [9.17, 15) is 28.4 Å². The molecule has 42 heavy (non-hydrogen) atoms. The van der Waals surface area contributed by atoms with Crippen LogP contribution in [-0.2, 0) is 14.4 Å². The van der Waals surface area contributed by atoms with E-state index in [0.717, 1.165) is 0 Å². The minimum atomic E-state index is -1.89. The molecule has 3 aliphatic heterocycles. The maximum Gasteiger partial charge on any atom is 0.313 e. The molecule has 2 atom stereocenters. The average molecular weight is 576 g/mol. The van der Waals surface area contributed by atoms with Crippen LogP contribution in [-0.4, -0.2) is 108 Å². The average Bonchev–Trinajstić information content (AvgIpc) is 3.04. The first kappa shape index (κ1) is 29.6. The molecule has 2 aromatic carbocycles. The number of rotatable bonds is 7. The van der Waals surface area contributed by atoms with Gasteiger partial charge in [0, 0.05) is 68.8 Å². The number of nitrogens with zero attached hydrogens (tertiary/aromatic N) is 4. The molecule has 2 aromatic rings. The third-order valence-electron chi connectivity index (χ3n) is 9.02. The summed E-state index contributed by atoms with van der Waals surface area (Å²) in [6, 6.07) is 14.2. The maximum absolute atomic E-state index is 14.5. The summed E-state index contributed by atoms with van der Waals surface area (Å²) in [7, 11) is 1.96. The molecule has 0 aromatic heterocycles. The number of Topliss-reactive ketones (excluding diaryl/α,β-unsaturated/α-hetero) is 2. The van der Waals surface area contributed by atoms with Crippen LogP contribution in [0.3, 0.4) is 0 Å². The second-order valence-corrected chi connectivity index (χ2v) is 11.6. The molecule has 0 N–H and O–H groups in total. The number of likely N-dealkylation sites (tertiary alicyclic amines) is 2. The van der Waals surface area contributed by atoms with Crippen molar-refractivity contribution < 1.29 is 28.4 Å². The lowest BCUT2D eigenvalue weighted by atomic mass is 9.75. The number of likely N-dealkylation sites (N-methyl/N-ethyl adjacent to an activating group) is 1. The molecule has 10 heteroatoms. The van der Waals surface area contributed by atoms with E-state index in [1.165, 1.54) is 29.2 Å². The van der Waals surface area contributed by atoms with Crippen molar-refractivity contribution in [2.75, 3.05) is 52.9 Å². The smallest absolute Gasteiger partial charge is 0.313 e. The first-order chi connectivity index (χ1) is 20.2. The van der Waals surface area contributed by atoms with E-state index in [1.807, 2.05) is 19.5 Å². The Labute approximate surface area is 245 Å². The second-order valence-electron chi connectivity index (χ2n) is 11.6. The van der Waals surface area contributed by atoms with E-state index in [-0.39, 0.29) is 43.5 Å². The van der Waals surface area contributed by atoms with Gasteiger partial charge in [0.1, 0.15) is 5.82 Å². The Morgan fingerprint density at radius 3 is 1.83 bits per heavy atom. The highest BCUT2D eigenvalue weighted by Crippen LogP contribution is 2.38. The predicted molar refractivity (Wildman–Crippen MR) is 153 cm³/mol. The molecule has 0 saturated carbocycles. The maximum atomic E-state index is 14.5. The number of hydrogen-bond acceptors (Lipinski definition) is 6. The Bertz CT molecular complexity index is 1320. The highest BCUT2D eigenvalue weighted by Gasteiger charge is 2.58. The van der Waals surface area contributed by atoms with E-state index >= 15 is 0 Å². The largest absolute Gasteiger partial charge is 0.340 e. The normalized spacial score (nSPS) is 23.9. The first-order valence-corrected chi connectivity index (χ1v) is 14.6. The molecule has 3 aliphatic rings. The molecule has 3 heterocycles. The number of carbonyl (C=O) groups is 4. The predicted octanol–water partition coefficient (Wildman–Crippen LogP) is 2.42. The summed E-state index contributed by atoms with van der Waals surface area (Å²) in [6.45, 7) is 2.56. The zero-order chi connectivity index (χ0) is 29.9. The highest BCUT2D eigenvalue weighted by atomic mass is 19.1. The molecule has 221 valence electrons. The number of benzene rings is 2. The van der Waals surface area contributed by atoms with Gasteiger partial charge in [-0.15, -0.1) is 0 Å². The van der Waals surface area contributed by atoms with Crippen LogP contribution in [0.1, 0.15) is 46.4 Å². The van der Waals surface area contributed by atoms with Crippen molar-refractivity contribution in [3.05, 3.63) is 71.5 Å². The van der Waals surface area contributed by atoms with Crippen LogP contribution in [0.25, 0.3) is 0 Å². The molecular weight excluding hydrogens is 539 g/mol. The Morgan fingerprint density at radius 2 is 1.24 bits per heavy atom. The van der Waals surface area contributed by atoms with Gasteiger partial charge in [-0.1, -0.05) is 30.3 Å². The monoisotopic (exact) mass is 575 g/mol. The molecule has 3 saturated heterocycles. The number of hydrogen-bond donors (Lipinski definition) is 0. The second kappa shape index (κ2) is 12.5. The van der Waals surface area contributed by atoms with Gasteiger partial charge in [0.2, 0.25) is 5.54 Å². The van der Waals surface area contributed by atoms with Crippen molar-refractivity contribution in [2.45, 2.75) is 31.2 Å². The van der Waals surface area contributed by atoms with Gasteiger partial charge in [-0.25, -0.2) is 4.39 Å². The molecule has 9 nitrogen and oxygen atoms in total. The van der Waals surface area contributed by atoms with Crippen LogP contribution in [0, 0.1) is 17.7 Å². The molecule has 3 fully saturated rings. The summed E-state index contributed by atoms with van der Waals surface area (Å²) in [4.78, 5) is 74.3. The SMILES string of the molecule is CN1CCN(C(=O)C2(C(=O)N3CCC(C(=O)c4ccc(F)cc4)CC3)CC(C(=O)c3ccccc3)CCN2[C]=O)CC1. The summed E-state index contributed by atoms with van der Waals surface area (Å²) < 4.78 is 13.4. The molecule has 0 spiro atoms. The van der Waals surface area contributed by atoms with Gasteiger partial charge in [-0.2, -0.15) is 0 Å². The van der Waals surface area contributed by atoms with Gasteiger partial charge in [0.25, 0.3) is 11.8 Å². The van der Waals surface area contributed by atoms with Gasteiger partial charge in [0.15, 0.2) is 11.6 Å². The van der Waals surface area contributed by atoms with Crippen LogP contribution in [0.5, 0.6) is 0 Å². The number of piperidine rings is 2. The minimum Gasteiger partial charge on any atom is -0.340 e. The van der Waals surface area contributed by atoms with Gasteiger partial charge < -0.3 is 19.6 Å². The summed E-state index contributed by atoms with van der Waals surface area (Å²) in [5, 5.41) is 0. The van der Waals surface area contributed by atoms with Gasteiger partial charge >= 0.3 is 6.41 Å². The lowest BCUT2D eigenvalue weighted by molar-refractivity contribution is -0.161. The summed E-state index contributed by atoms with van der Waals surface area (Å²) in [6.07, 6.45) is 2.83. The molecule has 1 radical (unpaired) electrons. The fourth-order valence-corrected chi connectivity index (χ4v) is 6.45. The number of halogens is 1. The van der Waals surface area contributed by atoms with E-state index in [2.05, 4.69) is 4.90 Å². The zero-order valence-corrected chi connectivity index (χ0v) is 23.8. The minimum absolute atomic E-state index is 0.0531. The number of piperazine rings is 1. The summed E-state index contributed by atoms with van der Waals surface area (Å²) in [5.74, 6) is -2.67. The fourth-order valence-electron chi connectivity index (χ4n) is 6.45. The lowest BCUT2D eigenvalue weighted by Gasteiger charge is -2.49. The molecular formula is C32H36FN4O5. The first-order valence-electron chi connectivity index (χ1n) is 14.6. The number of carbonyl (C=O) groups excluding carboxylic acids is 5. The Morgan fingerprint density at radius 1 is 0.714 bits per heavy atom. The molecule has 0 bridgehead atoms. The molecule has 2 unspecified atom stereocenters. The van der Waals surface area contributed by atoms with Crippen LogP contribution in [0.15, 0.2) is 54.6 Å². The standard InChI is InChI=1S/C32H36FN4O5/c1-34-17-19-36(20-18-34)31(42)32(21-26(13-16-37(32)22-38)29(40)23-5-3-2-4-6-23)30(41)35-14-11-25(12-15-35)28(39)24-7-9-27(33)10-8-24/h2-10,25-26H,11-21H2,1H3. The van der Waals surface area contributed by atoms with Crippen molar-refractivity contribution in [1.29, 1.82) is 0 Å². The van der Waals surface area contributed by atoms with Crippen LogP contribution < -0.4 is 0 Å². The van der Waals surface area contributed by atoms with Gasteiger partial charge in [0.05, 0.1) is 0 Å². The van der Waals surface area contributed by atoms with Gasteiger partial charge in [-0.3, -0.25) is 24.0 Å². The fraction of sp³-hybridized carbons (Fsp3) is 0.469. The van der Waals surface area contributed by atoms with Crippen LogP contribution in [0.4, 0.5) is 4.39 Å². The van der Waals surface area contributed by atoms with E-state index in [4.69, 9.17) is 0 Å².